The van der Waals surface area contributed by atoms with Gasteiger partial charge in [-0.3, -0.25) is 4.79 Å². The Kier molecular flexibility index (Phi) is 6.80. The van der Waals surface area contributed by atoms with Gasteiger partial charge in [-0.1, -0.05) is 36.4 Å². The molecule has 2 aliphatic rings. The highest BCUT2D eigenvalue weighted by molar-refractivity contribution is 5.94. The summed E-state index contributed by atoms with van der Waals surface area (Å²) in [4.78, 5) is 15.0. The molecule has 0 unspecified atom stereocenters. The number of nitrogens with zero attached hydrogens (tertiary/aromatic N) is 1. The van der Waals surface area contributed by atoms with Gasteiger partial charge in [0, 0.05) is 31.8 Å². The monoisotopic (exact) mass is 394 g/mol. The molecule has 0 aliphatic carbocycles. The van der Waals surface area contributed by atoms with Crippen molar-refractivity contribution in [3.05, 3.63) is 65.7 Å². The van der Waals surface area contributed by atoms with E-state index >= 15 is 0 Å². The molecule has 5 nitrogen and oxygen atoms in total. The topological polar surface area (TPSA) is 50.8 Å². The zero-order chi connectivity index (χ0) is 19.9. The number of ether oxygens (including phenoxy) is 2. The van der Waals surface area contributed by atoms with Gasteiger partial charge in [0.2, 0.25) is 0 Å². The molecule has 0 radical (unpaired) electrons. The van der Waals surface area contributed by atoms with Crippen molar-refractivity contribution in [3.63, 3.8) is 0 Å². The third kappa shape index (κ3) is 5.81. The molecule has 0 saturated carbocycles. The van der Waals surface area contributed by atoms with Crippen molar-refractivity contribution < 1.29 is 14.3 Å². The molecule has 2 aromatic carbocycles. The van der Waals surface area contributed by atoms with Crippen molar-refractivity contribution in [2.75, 3.05) is 32.8 Å². The van der Waals surface area contributed by atoms with Crippen LogP contribution < -0.4 is 10.1 Å². The van der Waals surface area contributed by atoms with Crippen molar-refractivity contribution in [2.24, 2.45) is 0 Å². The van der Waals surface area contributed by atoms with E-state index in [1.165, 1.54) is 5.56 Å². The van der Waals surface area contributed by atoms with Crippen molar-refractivity contribution in [3.8, 4) is 5.75 Å². The molecule has 1 N–H and O–H groups in total. The second kappa shape index (κ2) is 9.90. The molecule has 29 heavy (non-hydrogen) atoms. The summed E-state index contributed by atoms with van der Waals surface area (Å²) in [6.45, 7) is 4.53. The molecule has 4 rings (SSSR count). The van der Waals surface area contributed by atoms with Crippen LogP contribution in [-0.2, 0) is 11.2 Å². The fraction of sp³-hybridized carbons (Fsp3) is 0.458. The van der Waals surface area contributed by atoms with Gasteiger partial charge in [-0.15, -0.1) is 0 Å². The quantitative estimate of drug-likeness (QED) is 0.783. The Morgan fingerprint density at radius 1 is 1.07 bits per heavy atom. The first kappa shape index (κ1) is 19.9. The van der Waals surface area contributed by atoms with E-state index in [1.807, 2.05) is 24.3 Å². The lowest BCUT2D eigenvalue weighted by molar-refractivity contribution is 0.0923. The van der Waals surface area contributed by atoms with E-state index in [4.69, 9.17) is 9.47 Å². The maximum absolute atomic E-state index is 12.4. The van der Waals surface area contributed by atoms with Crippen molar-refractivity contribution in [2.45, 2.75) is 37.8 Å². The van der Waals surface area contributed by atoms with E-state index in [0.717, 1.165) is 57.7 Å². The number of hydrogen-bond donors (Lipinski definition) is 1. The van der Waals surface area contributed by atoms with Crippen molar-refractivity contribution in [1.29, 1.82) is 0 Å². The molecule has 0 spiro atoms. The molecule has 1 atom stereocenters. The Morgan fingerprint density at radius 2 is 1.90 bits per heavy atom. The van der Waals surface area contributed by atoms with Gasteiger partial charge in [0.25, 0.3) is 5.91 Å². The predicted octanol–water partition coefficient (Wildman–Crippen LogP) is 3.29. The number of hydrogen-bond acceptors (Lipinski definition) is 4. The Labute approximate surface area is 173 Å². The highest BCUT2D eigenvalue weighted by Crippen LogP contribution is 2.21. The Morgan fingerprint density at radius 3 is 2.66 bits per heavy atom. The Hall–Kier alpha value is -2.37. The lowest BCUT2D eigenvalue weighted by Gasteiger charge is -2.32. The summed E-state index contributed by atoms with van der Waals surface area (Å²) in [7, 11) is 0. The van der Waals surface area contributed by atoms with Crippen LogP contribution in [0.15, 0.2) is 54.6 Å². The van der Waals surface area contributed by atoms with E-state index in [2.05, 4.69) is 40.5 Å². The summed E-state index contributed by atoms with van der Waals surface area (Å²) in [5.74, 6) is 0.727. The molecule has 0 bridgehead atoms. The van der Waals surface area contributed by atoms with Crippen LogP contribution in [0, 0.1) is 0 Å². The van der Waals surface area contributed by atoms with E-state index in [1.54, 1.807) is 0 Å². The molecule has 2 saturated heterocycles. The number of nitrogens with one attached hydrogen (secondary N) is 1. The molecule has 154 valence electrons. The van der Waals surface area contributed by atoms with E-state index in [-0.39, 0.29) is 18.1 Å². The Balaban J connectivity index is 1.23. The number of piperidine rings is 1. The van der Waals surface area contributed by atoms with Gasteiger partial charge in [-0.25, -0.2) is 0 Å². The third-order valence-corrected chi connectivity index (χ3v) is 5.76. The van der Waals surface area contributed by atoms with Gasteiger partial charge in [0.1, 0.15) is 11.9 Å². The van der Waals surface area contributed by atoms with Gasteiger partial charge >= 0.3 is 0 Å². The van der Waals surface area contributed by atoms with Gasteiger partial charge in [-0.05, 0) is 49.4 Å². The maximum Gasteiger partial charge on any atom is 0.251 e. The fourth-order valence-corrected chi connectivity index (χ4v) is 4.00. The molecule has 2 aliphatic heterocycles. The predicted molar refractivity (Wildman–Crippen MR) is 113 cm³/mol. The van der Waals surface area contributed by atoms with Crippen LogP contribution in [0.1, 0.15) is 35.2 Å². The van der Waals surface area contributed by atoms with Crippen molar-refractivity contribution >= 4 is 5.91 Å². The van der Waals surface area contributed by atoms with E-state index < -0.39 is 0 Å². The Bertz CT molecular complexity index is 782. The highest BCUT2D eigenvalue weighted by atomic mass is 16.5. The number of likely N-dealkylation sites (tertiary alicyclic amines) is 1. The first-order chi connectivity index (χ1) is 14.3. The standard InChI is InChI=1S/C24H30N2O3/c27-24(25-21-12-16-28-18-21)20-7-4-8-23(17-20)29-22-10-14-26(15-11-22)13-9-19-5-2-1-3-6-19/h1-8,17,21-22H,9-16,18H2,(H,25,27)/t21-/m0/s1. The number of amides is 1. The minimum atomic E-state index is -0.0540. The summed E-state index contributed by atoms with van der Waals surface area (Å²) in [6, 6.07) is 18.3. The summed E-state index contributed by atoms with van der Waals surface area (Å²) < 4.78 is 11.5. The smallest absolute Gasteiger partial charge is 0.251 e. The van der Waals surface area contributed by atoms with Gasteiger partial charge < -0.3 is 19.7 Å². The molecular weight excluding hydrogens is 364 g/mol. The first-order valence-corrected chi connectivity index (χ1v) is 10.7. The van der Waals surface area contributed by atoms with Gasteiger partial charge in [-0.2, -0.15) is 0 Å². The fourth-order valence-electron chi connectivity index (χ4n) is 4.00. The van der Waals surface area contributed by atoms with Crippen LogP contribution >= 0.6 is 0 Å². The van der Waals surface area contributed by atoms with Crippen LogP contribution in [0.4, 0.5) is 0 Å². The third-order valence-electron chi connectivity index (χ3n) is 5.76. The number of benzene rings is 2. The van der Waals surface area contributed by atoms with Crippen LogP contribution in [-0.4, -0.2) is 55.8 Å². The van der Waals surface area contributed by atoms with Crippen LogP contribution in [0.5, 0.6) is 5.75 Å². The SMILES string of the molecule is O=C(N[C@H]1CCOC1)c1cccc(OC2CCN(CCc3ccccc3)CC2)c1. The molecular formula is C24H30N2O3. The second-order valence-electron chi connectivity index (χ2n) is 7.96. The average Bonchev–Trinajstić information content (AvgIpc) is 3.27. The van der Waals surface area contributed by atoms with Crippen LogP contribution in [0.25, 0.3) is 0 Å². The van der Waals surface area contributed by atoms with E-state index in [9.17, 15) is 4.79 Å². The van der Waals surface area contributed by atoms with Gasteiger partial charge in [0.05, 0.1) is 12.6 Å². The minimum Gasteiger partial charge on any atom is -0.490 e. The zero-order valence-corrected chi connectivity index (χ0v) is 16.9. The van der Waals surface area contributed by atoms with Crippen LogP contribution in [0.3, 0.4) is 0 Å². The molecule has 2 aromatic rings. The molecule has 5 heteroatoms. The molecule has 1 amide bonds. The normalized spacial score (nSPS) is 20.5. The maximum atomic E-state index is 12.4. The summed E-state index contributed by atoms with van der Waals surface area (Å²) in [5, 5.41) is 3.03. The average molecular weight is 395 g/mol. The lowest BCUT2D eigenvalue weighted by atomic mass is 10.1. The zero-order valence-electron chi connectivity index (χ0n) is 16.9. The first-order valence-electron chi connectivity index (χ1n) is 10.7. The summed E-state index contributed by atoms with van der Waals surface area (Å²) >= 11 is 0. The number of carbonyl (C=O) groups excluding carboxylic acids is 1. The molecule has 2 heterocycles. The minimum absolute atomic E-state index is 0.0540. The second-order valence-corrected chi connectivity index (χ2v) is 7.96. The van der Waals surface area contributed by atoms with E-state index in [0.29, 0.717) is 12.2 Å². The lowest BCUT2D eigenvalue weighted by Crippen LogP contribution is -2.39. The van der Waals surface area contributed by atoms with Crippen LogP contribution in [0.2, 0.25) is 0 Å². The highest BCUT2D eigenvalue weighted by Gasteiger charge is 2.22. The summed E-state index contributed by atoms with van der Waals surface area (Å²) in [5.41, 5.74) is 2.04. The number of rotatable bonds is 7. The summed E-state index contributed by atoms with van der Waals surface area (Å²) in [6.07, 6.45) is 4.22. The van der Waals surface area contributed by atoms with Crippen molar-refractivity contribution in [1.82, 2.24) is 10.2 Å². The molecule has 0 aromatic heterocycles. The largest absolute Gasteiger partial charge is 0.490 e. The number of carbonyl (C=O) groups is 1. The molecule has 2 fully saturated rings. The van der Waals surface area contributed by atoms with Gasteiger partial charge in [0.15, 0.2) is 0 Å².